The predicted octanol–water partition coefficient (Wildman–Crippen LogP) is 2.48. The summed E-state index contributed by atoms with van der Waals surface area (Å²) in [5.41, 5.74) is 0. The molecule has 1 fully saturated rings. The maximum absolute atomic E-state index is 5.32. The topological polar surface area (TPSA) is 12.5 Å². The number of methoxy groups -OCH3 is 1. The highest BCUT2D eigenvalue weighted by Gasteiger charge is 2.32. The first-order valence-electron chi connectivity index (χ1n) is 5.60. The molecule has 0 atom stereocenters. The van der Waals surface area contributed by atoms with E-state index in [0.29, 0.717) is 12.1 Å². The maximum Gasteiger partial charge on any atom is 0.109 e. The Morgan fingerprint density at radius 2 is 1.73 bits per heavy atom. The molecule has 15 heavy (non-hydrogen) atoms. The molecule has 0 saturated heterocycles. The van der Waals surface area contributed by atoms with E-state index in [9.17, 15) is 0 Å². The van der Waals surface area contributed by atoms with Crippen LogP contribution in [0.25, 0.3) is 0 Å². The second kappa shape index (κ2) is 5.86. The van der Waals surface area contributed by atoms with Gasteiger partial charge in [-0.15, -0.1) is 0 Å². The van der Waals surface area contributed by atoms with Gasteiger partial charge in [0.2, 0.25) is 0 Å². The van der Waals surface area contributed by atoms with Crippen LogP contribution in [0, 0.1) is 31.3 Å². The van der Waals surface area contributed by atoms with E-state index < -0.39 is 0 Å². The van der Waals surface area contributed by atoms with Crippen molar-refractivity contribution in [2.75, 3.05) is 13.7 Å². The Morgan fingerprint density at radius 3 is 2.20 bits per heavy atom. The first-order valence-corrected chi connectivity index (χ1v) is 5.60. The van der Waals surface area contributed by atoms with Gasteiger partial charge in [0.1, 0.15) is 6.10 Å². The van der Waals surface area contributed by atoms with E-state index in [2.05, 4.69) is 39.0 Å². The lowest BCUT2D eigenvalue weighted by atomic mass is 10.0. The van der Waals surface area contributed by atoms with Crippen molar-refractivity contribution in [1.29, 1.82) is 0 Å². The standard InChI is InChI=1S/C13H22NO/c1-10(2)14(11(3)4)9-12-7-6-8-13(12)15-5/h6-8,10-11H,9H2,1-5H3. The SMILES string of the molecule is CO[C]1[CH][CH][CH][C]1CN(C(C)C)C(C)C. The van der Waals surface area contributed by atoms with Gasteiger partial charge in [0.15, 0.2) is 0 Å². The molecule has 0 aliphatic heterocycles. The van der Waals surface area contributed by atoms with Crippen LogP contribution in [0.3, 0.4) is 0 Å². The first-order chi connectivity index (χ1) is 7.06. The summed E-state index contributed by atoms with van der Waals surface area (Å²) >= 11 is 0. The van der Waals surface area contributed by atoms with E-state index in [-0.39, 0.29) is 0 Å². The molecule has 0 N–H and O–H groups in total. The number of hydrogen-bond donors (Lipinski definition) is 0. The predicted molar refractivity (Wildman–Crippen MR) is 63.4 cm³/mol. The quantitative estimate of drug-likeness (QED) is 0.688. The van der Waals surface area contributed by atoms with Crippen LogP contribution < -0.4 is 0 Å². The zero-order chi connectivity index (χ0) is 11.4. The smallest absolute Gasteiger partial charge is 0.109 e. The van der Waals surface area contributed by atoms with Gasteiger partial charge in [0.25, 0.3) is 0 Å². The molecule has 0 bridgehead atoms. The Morgan fingerprint density at radius 1 is 1.13 bits per heavy atom. The molecule has 1 rings (SSSR count). The molecule has 2 nitrogen and oxygen atoms in total. The van der Waals surface area contributed by atoms with Crippen LogP contribution >= 0.6 is 0 Å². The van der Waals surface area contributed by atoms with Crippen molar-refractivity contribution in [3.05, 3.63) is 31.3 Å². The molecule has 1 saturated carbocycles. The van der Waals surface area contributed by atoms with Crippen molar-refractivity contribution in [2.45, 2.75) is 39.8 Å². The van der Waals surface area contributed by atoms with Crippen molar-refractivity contribution in [3.8, 4) is 0 Å². The Labute approximate surface area is 95.0 Å². The minimum Gasteiger partial charge on any atom is -0.374 e. The number of ether oxygens (including phenoxy) is 1. The summed E-state index contributed by atoms with van der Waals surface area (Å²) in [4.78, 5) is 2.46. The second-order valence-corrected chi connectivity index (χ2v) is 4.48. The molecule has 1 aliphatic carbocycles. The normalized spacial score (nSPS) is 20.0. The summed E-state index contributed by atoms with van der Waals surface area (Å²) in [6.07, 6.45) is 7.21. The Bertz CT molecular complexity index is 171. The molecule has 0 aromatic rings. The fourth-order valence-corrected chi connectivity index (χ4v) is 1.93. The monoisotopic (exact) mass is 208 g/mol. The lowest BCUT2D eigenvalue weighted by molar-refractivity contribution is 0.165. The number of hydrogen-bond acceptors (Lipinski definition) is 2. The van der Waals surface area contributed by atoms with Gasteiger partial charge in [-0.2, -0.15) is 0 Å². The molecule has 85 valence electrons. The zero-order valence-corrected chi connectivity index (χ0v) is 10.4. The van der Waals surface area contributed by atoms with Gasteiger partial charge in [-0.05, 0) is 40.5 Å². The lowest BCUT2D eigenvalue weighted by Crippen LogP contribution is -2.40. The fourth-order valence-electron chi connectivity index (χ4n) is 1.93. The third-order valence-corrected chi connectivity index (χ3v) is 2.76. The highest BCUT2D eigenvalue weighted by Crippen LogP contribution is 2.34. The van der Waals surface area contributed by atoms with Crippen LogP contribution in [0.4, 0.5) is 0 Å². The molecule has 2 heteroatoms. The average molecular weight is 208 g/mol. The largest absolute Gasteiger partial charge is 0.374 e. The highest BCUT2D eigenvalue weighted by atomic mass is 16.5. The van der Waals surface area contributed by atoms with E-state index >= 15 is 0 Å². The summed E-state index contributed by atoms with van der Waals surface area (Å²) in [6, 6.07) is 1.12. The van der Waals surface area contributed by atoms with Gasteiger partial charge in [0, 0.05) is 38.1 Å². The van der Waals surface area contributed by atoms with Gasteiger partial charge >= 0.3 is 0 Å². The Hall–Kier alpha value is -0.0800. The summed E-state index contributed by atoms with van der Waals surface area (Å²) in [5.74, 6) is 1.28. The van der Waals surface area contributed by atoms with Gasteiger partial charge in [-0.1, -0.05) is 0 Å². The van der Waals surface area contributed by atoms with E-state index in [1.54, 1.807) is 7.11 Å². The van der Waals surface area contributed by atoms with Crippen LogP contribution in [0.2, 0.25) is 0 Å². The van der Waals surface area contributed by atoms with Crippen LogP contribution in [0.5, 0.6) is 0 Å². The van der Waals surface area contributed by atoms with Crippen LogP contribution in [-0.4, -0.2) is 30.6 Å². The minimum atomic E-state index is 0.560. The molecule has 0 aromatic carbocycles. The summed E-state index contributed by atoms with van der Waals surface area (Å²) in [7, 11) is 1.73. The number of nitrogens with zero attached hydrogens (tertiary/aromatic N) is 1. The Kier molecular flexibility index (Phi) is 5.07. The summed E-state index contributed by atoms with van der Waals surface area (Å²) in [6.45, 7) is 9.89. The van der Waals surface area contributed by atoms with Gasteiger partial charge in [0.05, 0.1) is 0 Å². The fraction of sp³-hybridized carbons (Fsp3) is 0.615. The summed E-state index contributed by atoms with van der Waals surface area (Å²) in [5, 5.41) is 0. The molecule has 0 aromatic heterocycles. The van der Waals surface area contributed by atoms with E-state index in [1.807, 2.05) is 12.8 Å². The number of rotatable bonds is 5. The van der Waals surface area contributed by atoms with Crippen molar-refractivity contribution < 1.29 is 4.74 Å². The first kappa shape index (κ1) is 13.0. The van der Waals surface area contributed by atoms with Crippen LogP contribution in [0.1, 0.15) is 27.7 Å². The zero-order valence-electron chi connectivity index (χ0n) is 10.4. The lowest BCUT2D eigenvalue weighted by Gasteiger charge is -2.33. The third-order valence-electron chi connectivity index (χ3n) is 2.76. The summed E-state index contributed by atoms with van der Waals surface area (Å²) < 4.78 is 5.32. The third kappa shape index (κ3) is 3.46. The van der Waals surface area contributed by atoms with Crippen LogP contribution in [-0.2, 0) is 4.74 Å². The van der Waals surface area contributed by atoms with E-state index in [4.69, 9.17) is 4.74 Å². The van der Waals surface area contributed by atoms with Crippen molar-refractivity contribution in [1.82, 2.24) is 4.90 Å². The maximum atomic E-state index is 5.32. The van der Waals surface area contributed by atoms with Crippen molar-refractivity contribution in [2.24, 2.45) is 0 Å². The molecule has 0 heterocycles. The molecule has 5 radical (unpaired) electrons. The average Bonchev–Trinajstić information content (AvgIpc) is 2.59. The van der Waals surface area contributed by atoms with Gasteiger partial charge in [-0.3, -0.25) is 4.90 Å². The van der Waals surface area contributed by atoms with Crippen molar-refractivity contribution in [3.63, 3.8) is 0 Å². The molecule has 0 spiro atoms. The highest BCUT2D eigenvalue weighted by molar-refractivity contribution is 5.41. The second-order valence-electron chi connectivity index (χ2n) is 4.48. The van der Waals surface area contributed by atoms with E-state index in [0.717, 1.165) is 12.6 Å². The van der Waals surface area contributed by atoms with Gasteiger partial charge < -0.3 is 4.74 Å². The molecule has 0 amide bonds. The molecule has 0 unspecified atom stereocenters. The van der Waals surface area contributed by atoms with E-state index in [1.165, 1.54) is 5.92 Å². The van der Waals surface area contributed by atoms with Crippen LogP contribution in [0.15, 0.2) is 0 Å². The molecular weight excluding hydrogens is 186 g/mol. The van der Waals surface area contributed by atoms with Crippen molar-refractivity contribution >= 4 is 0 Å². The Balaban J connectivity index is 2.50. The molecule has 1 aliphatic rings. The molecular formula is C13H22NO. The minimum absolute atomic E-state index is 0.560. The van der Waals surface area contributed by atoms with Gasteiger partial charge in [-0.25, -0.2) is 0 Å².